The van der Waals surface area contributed by atoms with Crippen molar-refractivity contribution < 1.29 is 9.53 Å². The molecule has 2 aromatic heterocycles. The number of thiazole rings is 1. The molecule has 7 heteroatoms. The number of aryl methyl sites for hydroxylation is 1. The van der Waals surface area contributed by atoms with E-state index in [1.54, 1.807) is 10.9 Å². The first-order chi connectivity index (χ1) is 12.6. The predicted molar refractivity (Wildman–Crippen MR) is 99.5 cm³/mol. The van der Waals surface area contributed by atoms with E-state index in [0.717, 1.165) is 31.7 Å². The van der Waals surface area contributed by atoms with Crippen molar-refractivity contribution in [1.82, 2.24) is 15.3 Å². The summed E-state index contributed by atoms with van der Waals surface area (Å²) >= 11 is 1.44. The molecule has 0 saturated carbocycles. The quantitative estimate of drug-likeness (QED) is 0.894. The van der Waals surface area contributed by atoms with Gasteiger partial charge in [0.2, 0.25) is 0 Å². The maximum atomic E-state index is 12.2. The number of carbonyl (C=O) groups excluding carboxylic acids is 1. The van der Waals surface area contributed by atoms with Gasteiger partial charge in [-0.3, -0.25) is 4.79 Å². The number of hydrogen-bond donors (Lipinski definition) is 1. The van der Waals surface area contributed by atoms with Crippen LogP contribution >= 0.6 is 11.3 Å². The topological polar surface area (TPSA) is 67.4 Å². The molecule has 3 saturated heterocycles. The predicted octanol–water partition coefficient (Wildman–Crippen LogP) is 2.26. The second kappa shape index (κ2) is 6.03. The monoisotopic (exact) mass is 370 g/mol. The molecule has 5 rings (SSSR count). The smallest absolute Gasteiger partial charge is 0.270 e. The van der Waals surface area contributed by atoms with E-state index in [0.29, 0.717) is 24.1 Å². The summed E-state index contributed by atoms with van der Waals surface area (Å²) in [6.45, 7) is 4.56. The molecule has 0 radical (unpaired) electrons. The van der Waals surface area contributed by atoms with Crippen molar-refractivity contribution >= 4 is 23.1 Å². The second-order valence-corrected chi connectivity index (χ2v) is 8.41. The van der Waals surface area contributed by atoms with E-state index in [-0.39, 0.29) is 17.6 Å². The molecule has 1 amide bonds. The number of nitrogens with zero attached hydrogens (tertiary/aromatic N) is 3. The fourth-order valence-corrected chi connectivity index (χ4v) is 5.44. The van der Waals surface area contributed by atoms with Crippen molar-refractivity contribution in [2.75, 3.05) is 24.5 Å². The van der Waals surface area contributed by atoms with Crippen molar-refractivity contribution in [2.24, 2.45) is 11.8 Å². The van der Waals surface area contributed by atoms with Crippen LogP contribution in [0.15, 0.2) is 29.2 Å². The molecule has 4 atom stereocenters. The van der Waals surface area contributed by atoms with Crippen LogP contribution < -0.4 is 10.2 Å². The Labute approximate surface area is 156 Å². The Morgan fingerprint density at radius 3 is 3.15 bits per heavy atom. The lowest BCUT2D eigenvalue weighted by Crippen LogP contribution is -2.42. The van der Waals surface area contributed by atoms with Crippen LogP contribution in [0.3, 0.4) is 0 Å². The molecule has 6 nitrogen and oxygen atoms in total. The minimum atomic E-state index is -0.0851. The summed E-state index contributed by atoms with van der Waals surface area (Å²) in [4.78, 5) is 23.3. The summed E-state index contributed by atoms with van der Waals surface area (Å²) in [6, 6.07) is 4.20. The molecule has 136 valence electrons. The van der Waals surface area contributed by atoms with E-state index in [4.69, 9.17) is 4.74 Å². The Morgan fingerprint density at radius 1 is 1.46 bits per heavy atom. The zero-order chi connectivity index (χ0) is 17.7. The summed E-state index contributed by atoms with van der Waals surface area (Å²) in [5.74, 6) is 1.75. The van der Waals surface area contributed by atoms with Crippen molar-refractivity contribution in [3.05, 3.63) is 40.5 Å². The number of amides is 1. The molecule has 3 aliphatic rings. The van der Waals surface area contributed by atoms with Gasteiger partial charge in [-0.2, -0.15) is 0 Å². The van der Waals surface area contributed by atoms with Gasteiger partial charge in [0.05, 0.1) is 17.2 Å². The Hall–Kier alpha value is -1.99. The summed E-state index contributed by atoms with van der Waals surface area (Å²) in [5, 5.41) is 4.86. The highest BCUT2D eigenvalue weighted by atomic mass is 32.1. The summed E-state index contributed by atoms with van der Waals surface area (Å²) in [7, 11) is 0. The first-order valence-electron chi connectivity index (χ1n) is 9.16. The minimum absolute atomic E-state index is 0.0622. The van der Waals surface area contributed by atoms with Crippen molar-refractivity contribution in [2.45, 2.75) is 31.5 Å². The number of pyridine rings is 1. The number of anilines is 1. The summed E-state index contributed by atoms with van der Waals surface area (Å²) in [6.07, 6.45) is 4.39. The number of ether oxygens (including phenoxy) is 1. The summed E-state index contributed by atoms with van der Waals surface area (Å²) in [5.41, 5.74) is 3.30. The Balaban J connectivity index is 1.30. The van der Waals surface area contributed by atoms with Gasteiger partial charge in [0.15, 0.2) is 0 Å². The average Bonchev–Trinajstić information content (AvgIpc) is 3.40. The number of carbonyl (C=O) groups is 1. The molecule has 1 spiro atoms. The van der Waals surface area contributed by atoms with Gasteiger partial charge in [-0.25, -0.2) is 9.97 Å². The number of fused-ring (bicyclic) bond motifs is 1. The van der Waals surface area contributed by atoms with Crippen LogP contribution in [0, 0.1) is 18.8 Å². The van der Waals surface area contributed by atoms with Gasteiger partial charge in [0.25, 0.3) is 5.91 Å². The van der Waals surface area contributed by atoms with Gasteiger partial charge < -0.3 is 15.0 Å². The highest BCUT2D eigenvalue weighted by Gasteiger charge is 2.63. The standard InChI is InChI=1S/C19H22N4O2S/c1-12-2-3-17(20-6-12)23-8-14-13(16-4-5-19(14,10-23)25-16)7-21-18(24)15-9-26-11-22-15/h2-3,6,9,11,13-14,16H,4-5,7-8,10H2,1H3,(H,21,24)/t13-,14+,16+,19+/m0/s1. The average molecular weight is 370 g/mol. The van der Waals surface area contributed by atoms with E-state index in [1.165, 1.54) is 16.9 Å². The second-order valence-electron chi connectivity index (χ2n) is 7.69. The molecule has 3 aliphatic heterocycles. The maximum absolute atomic E-state index is 12.2. The highest BCUT2D eigenvalue weighted by Crippen LogP contribution is 2.55. The zero-order valence-electron chi connectivity index (χ0n) is 14.7. The molecule has 0 aromatic carbocycles. The normalized spacial score (nSPS) is 32.0. The molecule has 5 heterocycles. The third-order valence-electron chi connectivity index (χ3n) is 6.17. The number of aromatic nitrogens is 2. The van der Waals surface area contributed by atoms with E-state index in [9.17, 15) is 4.79 Å². The molecular formula is C19H22N4O2S. The molecule has 2 bridgehead atoms. The third kappa shape index (κ3) is 2.53. The van der Waals surface area contributed by atoms with E-state index < -0.39 is 0 Å². The van der Waals surface area contributed by atoms with Gasteiger partial charge >= 0.3 is 0 Å². The number of hydrogen-bond acceptors (Lipinski definition) is 6. The lowest BCUT2D eigenvalue weighted by Gasteiger charge is -2.29. The fraction of sp³-hybridized carbons (Fsp3) is 0.526. The largest absolute Gasteiger partial charge is 0.369 e. The van der Waals surface area contributed by atoms with Crippen LogP contribution in [0.4, 0.5) is 5.82 Å². The molecule has 26 heavy (non-hydrogen) atoms. The number of rotatable bonds is 4. The summed E-state index contributed by atoms with van der Waals surface area (Å²) < 4.78 is 6.46. The molecule has 0 aliphatic carbocycles. The third-order valence-corrected chi connectivity index (χ3v) is 6.75. The first-order valence-corrected chi connectivity index (χ1v) is 10.1. The minimum Gasteiger partial charge on any atom is -0.369 e. The maximum Gasteiger partial charge on any atom is 0.270 e. The molecule has 2 aromatic rings. The van der Waals surface area contributed by atoms with Crippen LogP contribution in [-0.4, -0.2) is 47.2 Å². The number of nitrogens with one attached hydrogen (secondary N) is 1. The van der Waals surface area contributed by atoms with Crippen molar-refractivity contribution in [3.8, 4) is 0 Å². The first kappa shape index (κ1) is 16.2. The van der Waals surface area contributed by atoms with Gasteiger partial charge in [0.1, 0.15) is 11.5 Å². The SMILES string of the molecule is Cc1ccc(N2C[C@@H]3[C@H](CNC(=O)c4cscn4)[C@H]4CC[C@]3(C2)O4)nc1. The molecular weight excluding hydrogens is 348 g/mol. The van der Waals surface area contributed by atoms with E-state index in [2.05, 4.69) is 39.2 Å². The van der Waals surface area contributed by atoms with Gasteiger partial charge in [-0.15, -0.1) is 11.3 Å². The van der Waals surface area contributed by atoms with E-state index in [1.807, 2.05) is 6.20 Å². The molecule has 3 fully saturated rings. The Bertz CT molecular complexity index is 809. The van der Waals surface area contributed by atoms with Gasteiger partial charge in [0, 0.05) is 43.0 Å². The van der Waals surface area contributed by atoms with E-state index >= 15 is 0 Å². The van der Waals surface area contributed by atoms with Crippen molar-refractivity contribution in [3.63, 3.8) is 0 Å². The molecule has 1 N–H and O–H groups in total. The van der Waals surface area contributed by atoms with Crippen LogP contribution in [0.25, 0.3) is 0 Å². The Kier molecular flexibility index (Phi) is 3.76. The van der Waals surface area contributed by atoms with Crippen molar-refractivity contribution in [1.29, 1.82) is 0 Å². The van der Waals surface area contributed by atoms with Crippen LogP contribution in [-0.2, 0) is 4.74 Å². The van der Waals surface area contributed by atoms with Crippen LogP contribution in [0.1, 0.15) is 28.9 Å². The lowest BCUT2D eigenvalue weighted by atomic mass is 9.73. The molecule has 0 unspecified atom stereocenters. The van der Waals surface area contributed by atoms with Gasteiger partial charge in [-0.1, -0.05) is 6.07 Å². The Morgan fingerprint density at radius 2 is 2.38 bits per heavy atom. The highest BCUT2D eigenvalue weighted by molar-refractivity contribution is 7.07. The lowest BCUT2D eigenvalue weighted by molar-refractivity contribution is 0.0141. The van der Waals surface area contributed by atoms with Crippen LogP contribution in [0.5, 0.6) is 0 Å². The fourth-order valence-electron chi connectivity index (χ4n) is 4.91. The zero-order valence-corrected chi connectivity index (χ0v) is 15.5. The van der Waals surface area contributed by atoms with Gasteiger partial charge in [-0.05, 0) is 31.4 Å². The van der Waals surface area contributed by atoms with Crippen LogP contribution in [0.2, 0.25) is 0 Å².